The minimum atomic E-state index is -0.711. The summed E-state index contributed by atoms with van der Waals surface area (Å²) in [5.74, 6) is -0.409. The van der Waals surface area contributed by atoms with E-state index in [1.165, 1.54) is 0 Å². The van der Waals surface area contributed by atoms with Crippen LogP contribution >= 0.6 is 15.9 Å². The zero-order chi connectivity index (χ0) is 22.3. The number of Topliss-reactive ketones (excluding diaryl/α,β-unsaturated/α-hetero) is 1. The highest BCUT2D eigenvalue weighted by Gasteiger charge is 2.47. The number of aliphatic imine (C=N–C) groups is 1. The standard InChI is InChI=1S/C23H26BrNO6/c1-12-19(22(27)29-6-5-28-4)20(13-7-17-18(8-14(13)24)31-11-30-17)21-15(25-12)9-23(2,3)10-16(21)26/h7-8,19-20H,5-6,9-11H2,1-4H3/t19?,20-/m1/s1. The Morgan fingerprint density at radius 2 is 1.94 bits per heavy atom. The van der Waals surface area contributed by atoms with E-state index in [2.05, 4.69) is 29.8 Å². The summed E-state index contributed by atoms with van der Waals surface area (Å²) < 4.78 is 22.3. The number of ketones is 1. The summed E-state index contributed by atoms with van der Waals surface area (Å²) in [6.07, 6.45) is 1.08. The van der Waals surface area contributed by atoms with Crippen LogP contribution in [0.25, 0.3) is 0 Å². The van der Waals surface area contributed by atoms with E-state index in [1.54, 1.807) is 7.11 Å². The van der Waals surface area contributed by atoms with Crippen molar-refractivity contribution in [3.8, 4) is 11.5 Å². The van der Waals surface area contributed by atoms with Crippen LogP contribution in [-0.2, 0) is 19.1 Å². The van der Waals surface area contributed by atoms with Crippen molar-refractivity contribution in [3.63, 3.8) is 0 Å². The quantitative estimate of drug-likeness (QED) is 0.453. The fraction of sp³-hybridized carbons (Fsp3) is 0.522. The SMILES string of the molecule is COCCOC(=O)C1C(C)=NC2=C(C(=O)CC(C)(C)C2)[C@@H]1c1cc2c(cc1Br)OCO2. The molecule has 0 N–H and O–H groups in total. The maximum atomic E-state index is 13.3. The summed E-state index contributed by atoms with van der Waals surface area (Å²) >= 11 is 3.62. The third kappa shape index (κ3) is 4.15. The Morgan fingerprint density at radius 3 is 2.65 bits per heavy atom. The second-order valence-corrected chi connectivity index (χ2v) is 9.75. The highest BCUT2D eigenvalue weighted by Crippen LogP contribution is 2.51. The molecule has 0 radical (unpaired) electrons. The normalized spacial score (nSPS) is 24.0. The van der Waals surface area contributed by atoms with E-state index in [9.17, 15) is 9.59 Å². The van der Waals surface area contributed by atoms with E-state index < -0.39 is 17.8 Å². The molecule has 0 saturated heterocycles. The number of hydrogen-bond acceptors (Lipinski definition) is 7. The van der Waals surface area contributed by atoms with Crippen LogP contribution in [0.4, 0.5) is 0 Å². The van der Waals surface area contributed by atoms with Gasteiger partial charge in [-0.15, -0.1) is 0 Å². The first kappa shape index (κ1) is 22.0. The van der Waals surface area contributed by atoms with Gasteiger partial charge in [0.1, 0.15) is 12.5 Å². The lowest BCUT2D eigenvalue weighted by molar-refractivity contribution is -0.147. The molecule has 0 saturated carbocycles. The molecular weight excluding hydrogens is 466 g/mol. The van der Waals surface area contributed by atoms with E-state index in [4.69, 9.17) is 23.9 Å². The number of ether oxygens (including phenoxy) is 4. The number of esters is 1. The molecule has 2 atom stereocenters. The van der Waals surface area contributed by atoms with Gasteiger partial charge in [0.15, 0.2) is 17.3 Å². The monoisotopic (exact) mass is 491 g/mol. The van der Waals surface area contributed by atoms with Gasteiger partial charge in [0.25, 0.3) is 0 Å². The zero-order valence-electron chi connectivity index (χ0n) is 18.1. The summed E-state index contributed by atoms with van der Waals surface area (Å²) in [6.45, 7) is 6.54. The lowest BCUT2D eigenvalue weighted by Crippen LogP contribution is -2.39. The number of methoxy groups -OCH3 is 1. The molecule has 1 aromatic carbocycles. The Hall–Kier alpha value is -2.19. The Kier molecular flexibility index (Phi) is 5.96. The highest BCUT2D eigenvalue weighted by molar-refractivity contribution is 9.10. The van der Waals surface area contributed by atoms with Gasteiger partial charge in [-0.1, -0.05) is 29.8 Å². The fourth-order valence-electron chi connectivity index (χ4n) is 4.57. The highest BCUT2D eigenvalue weighted by atomic mass is 79.9. The number of fused-ring (bicyclic) bond motifs is 1. The topological polar surface area (TPSA) is 83.4 Å². The van der Waals surface area contributed by atoms with Crippen molar-refractivity contribution in [3.05, 3.63) is 33.4 Å². The van der Waals surface area contributed by atoms with Gasteiger partial charge in [-0.05, 0) is 36.5 Å². The van der Waals surface area contributed by atoms with Crippen LogP contribution in [0.5, 0.6) is 11.5 Å². The van der Waals surface area contributed by atoms with Crippen molar-refractivity contribution in [1.82, 2.24) is 0 Å². The van der Waals surface area contributed by atoms with Crippen LogP contribution in [0.15, 0.2) is 32.9 Å². The molecule has 0 aromatic heterocycles. The van der Waals surface area contributed by atoms with E-state index >= 15 is 0 Å². The predicted molar refractivity (Wildman–Crippen MR) is 117 cm³/mol. The molecule has 1 aromatic rings. The van der Waals surface area contributed by atoms with E-state index in [1.807, 2.05) is 19.1 Å². The maximum absolute atomic E-state index is 13.3. The summed E-state index contributed by atoms with van der Waals surface area (Å²) in [7, 11) is 1.55. The maximum Gasteiger partial charge on any atom is 0.315 e. The number of halogens is 1. The van der Waals surface area contributed by atoms with Crippen LogP contribution in [0.2, 0.25) is 0 Å². The van der Waals surface area contributed by atoms with Gasteiger partial charge in [0.05, 0.1) is 6.61 Å². The van der Waals surface area contributed by atoms with Crippen molar-refractivity contribution in [1.29, 1.82) is 0 Å². The first-order valence-corrected chi connectivity index (χ1v) is 11.1. The number of carbonyl (C=O) groups excluding carboxylic acids is 2. The van der Waals surface area contributed by atoms with Gasteiger partial charge >= 0.3 is 5.97 Å². The first-order valence-electron chi connectivity index (χ1n) is 10.3. The molecule has 8 heteroatoms. The molecule has 2 aliphatic heterocycles. The Balaban J connectivity index is 1.83. The summed E-state index contributed by atoms with van der Waals surface area (Å²) in [6, 6.07) is 3.67. The minimum Gasteiger partial charge on any atom is -0.463 e. The van der Waals surface area contributed by atoms with Gasteiger partial charge < -0.3 is 18.9 Å². The summed E-state index contributed by atoms with van der Waals surface area (Å²) in [4.78, 5) is 31.2. The van der Waals surface area contributed by atoms with E-state index in [-0.39, 0.29) is 24.6 Å². The van der Waals surface area contributed by atoms with Crippen molar-refractivity contribution in [2.24, 2.45) is 16.3 Å². The van der Waals surface area contributed by atoms with Crippen molar-refractivity contribution in [2.75, 3.05) is 27.1 Å². The van der Waals surface area contributed by atoms with Crippen molar-refractivity contribution >= 4 is 33.4 Å². The molecule has 2 heterocycles. The summed E-state index contributed by atoms with van der Waals surface area (Å²) in [5, 5.41) is 0. The van der Waals surface area contributed by atoms with E-state index in [0.29, 0.717) is 42.2 Å². The van der Waals surface area contributed by atoms with Gasteiger partial charge in [0.2, 0.25) is 6.79 Å². The molecule has 166 valence electrons. The number of benzene rings is 1. The summed E-state index contributed by atoms with van der Waals surface area (Å²) in [5.41, 5.74) is 2.60. The lowest BCUT2D eigenvalue weighted by atomic mass is 9.67. The molecule has 31 heavy (non-hydrogen) atoms. The van der Waals surface area contributed by atoms with Crippen molar-refractivity contribution in [2.45, 2.75) is 39.5 Å². The molecule has 1 unspecified atom stereocenters. The minimum absolute atomic E-state index is 0.0201. The molecule has 0 spiro atoms. The fourth-order valence-corrected chi connectivity index (χ4v) is 5.14. The van der Waals surface area contributed by atoms with Gasteiger partial charge in [-0.3, -0.25) is 14.6 Å². The molecule has 3 aliphatic rings. The molecule has 4 rings (SSSR count). The van der Waals surface area contributed by atoms with E-state index in [0.717, 1.165) is 15.7 Å². The average molecular weight is 492 g/mol. The van der Waals surface area contributed by atoms with Crippen LogP contribution in [-0.4, -0.2) is 44.6 Å². The largest absolute Gasteiger partial charge is 0.463 e. The van der Waals surface area contributed by atoms with Crippen LogP contribution in [0, 0.1) is 11.3 Å². The smallest absolute Gasteiger partial charge is 0.315 e. The van der Waals surface area contributed by atoms with Gasteiger partial charge in [-0.25, -0.2) is 0 Å². The average Bonchev–Trinajstić information content (AvgIpc) is 3.12. The molecule has 7 nitrogen and oxygen atoms in total. The Labute approximate surface area is 189 Å². The molecule has 0 bridgehead atoms. The van der Waals surface area contributed by atoms with Gasteiger partial charge in [0, 0.05) is 40.9 Å². The number of allylic oxidation sites excluding steroid dienone is 2. The molecule has 1 aliphatic carbocycles. The number of carbonyl (C=O) groups is 2. The third-order valence-corrected chi connectivity index (χ3v) is 6.60. The predicted octanol–water partition coefficient (Wildman–Crippen LogP) is 4.18. The second kappa shape index (κ2) is 8.39. The second-order valence-electron chi connectivity index (χ2n) is 8.90. The van der Waals surface area contributed by atoms with Crippen LogP contribution in [0.1, 0.15) is 45.1 Å². The Bertz CT molecular complexity index is 996. The first-order chi connectivity index (χ1) is 14.7. The molecule has 0 fully saturated rings. The van der Waals surface area contributed by atoms with Crippen molar-refractivity contribution < 1.29 is 28.5 Å². The zero-order valence-corrected chi connectivity index (χ0v) is 19.7. The Morgan fingerprint density at radius 1 is 1.23 bits per heavy atom. The lowest BCUT2D eigenvalue weighted by Gasteiger charge is -2.39. The number of nitrogens with zero attached hydrogens (tertiary/aromatic N) is 1. The van der Waals surface area contributed by atoms with Gasteiger partial charge in [-0.2, -0.15) is 0 Å². The van der Waals surface area contributed by atoms with Crippen LogP contribution < -0.4 is 9.47 Å². The third-order valence-electron chi connectivity index (χ3n) is 5.91. The number of rotatable bonds is 5. The molecule has 0 amide bonds. The number of hydrogen-bond donors (Lipinski definition) is 0. The van der Waals surface area contributed by atoms with Crippen LogP contribution in [0.3, 0.4) is 0 Å². The molecular formula is C23H26BrNO6.